The summed E-state index contributed by atoms with van der Waals surface area (Å²) in [5.41, 5.74) is 8.75. The van der Waals surface area contributed by atoms with Crippen molar-refractivity contribution in [2.45, 2.75) is 33.2 Å². The summed E-state index contributed by atoms with van der Waals surface area (Å²) in [5.74, 6) is 1.03. The summed E-state index contributed by atoms with van der Waals surface area (Å²) in [4.78, 5) is 14.7. The minimum atomic E-state index is -0.469. The molecule has 1 amide bonds. The molecule has 1 fully saturated rings. The highest BCUT2D eigenvalue weighted by Crippen LogP contribution is 2.32. The number of rotatable bonds is 5. The van der Waals surface area contributed by atoms with Crippen molar-refractivity contribution in [1.82, 2.24) is 4.90 Å². The van der Waals surface area contributed by atoms with E-state index in [-0.39, 0.29) is 5.91 Å². The molecule has 2 N–H and O–H groups in total. The summed E-state index contributed by atoms with van der Waals surface area (Å²) in [6.45, 7) is 6.22. The highest BCUT2D eigenvalue weighted by Gasteiger charge is 2.40. The molecule has 5 nitrogen and oxygen atoms in total. The molecular formula is C18H28N2O3. The molecule has 0 spiro atoms. The lowest BCUT2D eigenvalue weighted by Crippen LogP contribution is -2.49. The summed E-state index contributed by atoms with van der Waals surface area (Å²) in [5, 5.41) is 0. The first-order valence-corrected chi connectivity index (χ1v) is 8.11. The summed E-state index contributed by atoms with van der Waals surface area (Å²) in [7, 11) is 3.53. The van der Waals surface area contributed by atoms with E-state index in [4.69, 9.17) is 15.2 Å². The number of benzene rings is 1. The molecule has 0 saturated carbocycles. The van der Waals surface area contributed by atoms with Crippen LogP contribution in [-0.2, 0) is 16.1 Å². The Balaban J connectivity index is 2.15. The minimum Gasteiger partial charge on any atom is -0.496 e. The summed E-state index contributed by atoms with van der Waals surface area (Å²) in [6.07, 6.45) is 1.40. The van der Waals surface area contributed by atoms with Crippen molar-refractivity contribution in [3.8, 4) is 5.75 Å². The molecule has 2 rings (SSSR count). The highest BCUT2D eigenvalue weighted by molar-refractivity contribution is 5.83. The van der Waals surface area contributed by atoms with E-state index >= 15 is 0 Å². The predicted octanol–water partition coefficient (Wildman–Crippen LogP) is 2.03. The Morgan fingerprint density at radius 2 is 1.87 bits per heavy atom. The van der Waals surface area contributed by atoms with Crippen LogP contribution in [0.5, 0.6) is 5.75 Å². The Morgan fingerprint density at radius 3 is 2.35 bits per heavy atom. The number of hydrogen-bond acceptors (Lipinski definition) is 4. The van der Waals surface area contributed by atoms with Crippen LogP contribution in [0.15, 0.2) is 12.1 Å². The quantitative estimate of drug-likeness (QED) is 0.901. The molecule has 23 heavy (non-hydrogen) atoms. The lowest BCUT2D eigenvalue weighted by atomic mass is 9.79. The molecule has 0 aliphatic carbocycles. The van der Waals surface area contributed by atoms with Gasteiger partial charge in [0.2, 0.25) is 5.91 Å². The highest BCUT2D eigenvalue weighted by atomic mass is 16.5. The van der Waals surface area contributed by atoms with Crippen molar-refractivity contribution in [2.24, 2.45) is 11.1 Å². The molecule has 1 aromatic rings. The molecule has 1 aliphatic heterocycles. The number of nitrogens with two attached hydrogens (primary N) is 1. The van der Waals surface area contributed by atoms with E-state index in [9.17, 15) is 4.79 Å². The van der Waals surface area contributed by atoms with Crippen LogP contribution >= 0.6 is 0 Å². The summed E-state index contributed by atoms with van der Waals surface area (Å²) < 4.78 is 10.8. The molecule has 5 heteroatoms. The van der Waals surface area contributed by atoms with Crippen molar-refractivity contribution >= 4 is 5.91 Å². The fraction of sp³-hybridized carbons (Fsp3) is 0.611. The van der Waals surface area contributed by atoms with Crippen LogP contribution in [0.4, 0.5) is 0 Å². The van der Waals surface area contributed by atoms with Gasteiger partial charge in [-0.1, -0.05) is 12.1 Å². The Morgan fingerprint density at radius 1 is 1.30 bits per heavy atom. The van der Waals surface area contributed by atoms with Crippen molar-refractivity contribution in [2.75, 3.05) is 33.9 Å². The second kappa shape index (κ2) is 7.32. The number of carbonyl (C=O) groups excluding carboxylic acids is 1. The fourth-order valence-corrected chi connectivity index (χ4v) is 3.47. The third-order valence-corrected chi connectivity index (χ3v) is 4.79. The van der Waals surface area contributed by atoms with E-state index < -0.39 is 5.41 Å². The standard InChI is InChI=1S/C18H28N2O3/c1-13-9-15(10-14(2)16(13)22-4)11-20(3)17(21)18(12-19)5-7-23-8-6-18/h9-10H,5-8,11-12,19H2,1-4H3. The van der Waals surface area contributed by atoms with Crippen LogP contribution in [0.3, 0.4) is 0 Å². The molecule has 1 saturated heterocycles. The molecule has 128 valence electrons. The average molecular weight is 320 g/mol. The molecule has 1 heterocycles. The Bertz CT molecular complexity index is 542. The molecule has 0 bridgehead atoms. The summed E-state index contributed by atoms with van der Waals surface area (Å²) in [6, 6.07) is 4.16. The second-order valence-corrected chi connectivity index (χ2v) is 6.52. The van der Waals surface area contributed by atoms with Gasteiger partial charge < -0.3 is 20.1 Å². The minimum absolute atomic E-state index is 0.120. The van der Waals surface area contributed by atoms with Gasteiger partial charge in [-0.3, -0.25) is 4.79 Å². The van der Waals surface area contributed by atoms with Crippen LogP contribution in [0.2, 0.25) is 0 Å². The van der Waals surface area contributed by atoms with E-state index in [0.717, 1.165) is 22.4 Å². The van der Waals surface area contributed by atoms with Gasteiger partial charge in [-0.25, -0.2) is 0 Å². The van der Waals surface area contributed by atoms with Crippen LogP contribution in [-0.4, -0.2) is 44.7 Å². The third kappa shape index (κ3) is 3.67. The van der Waals surface area contributed by atoms with Crippen molar-refractivity contribution in [3.05, 3.63) is 28.8 Å². The lowest BCUT2D eigenvalue weighted by Gasteiger charge is -2.37. The average Bonchev–Trinajstić information content (AvgIpc) is 2.54. The van der Waals surface area contributed by atoms with Gasteiger partial charge in [0.05, 0.1) is 12.5 Å². The second-order valence-electron chi connectivity index (χ2n) is 6.52. The van der Waals surface area contributed by atoms with Crippen molar-refractivity contribution in [3.63, 3.8) is 0 Å². The van der Waals surface area contributed by atoms with Crippen molar-refractivity contribution in [1.29, 1.82) is 0 Å². The Labute approximate surface area is 138 Å². The molecule has 0 aromatic heterocycles. The zero-order chi connectivity index (χ0) is 17.0. The third-order valence-electron chi connectivity index (χ3n) is 4.79. The smallest absolute Gasteiger partial charge is 0.230 e. The number of aryl methyl sites for hydroxylation is 2. The van der Waals surface area contributed by atoms with Gasteiger partial charge >= 0.3 is 0 Å². The zero-order valence-corrected chi connectivity index (χ0v) is 14.6. The van der Waals surface area contributed by atoms with Crippen LogP contribution < -0.4 is 10.5 Å². The monoisotopic (exact) mass is 320 g/mol. The van der Waals surface area contributed by atoms with E-state index in [0.29, 0.717) is 39.1 Å². The van der Waals surface area contributed by atoms with E-state index in [1.165, 1.54) is 0 Å². The maximum Gasteiger partial charge on any atom is 0.230 e. The molecule has 1 aromatic carbocycles. The number of nitrogens with zero attached hydrogens (tertiary/aromatic N) is 1. The fourth-order valence-electron chi connectivity index (χ4n) is 3.47. The van der Waals surface area contributed by atoms with Crippen molar-refractivity contribution < 1.29 is 14.3 Å². The first-order chi connectivity index (χ1) is 10.9. The molecule has 0 radical (unpaired) electrons. The largest absolute Gasteiger partial charge is 0.496 e. The molecule has 0 unspecified atom stereocenters. The number of ether oxygens (including phenoxy) is 2. The Kier molecular flexibility index (Phi) is 5.65. The number of carbonyl (C=O) groups is 1. The molecular weight excluding hydrogens is 292 g/mol. The summed E-state index contributed by atoms with van der Waals surface area (Å²) >= 11 is 0. The normalized spacial score (nSPS) is 16.9. The lowest BCUT2D eigenvalue weighted by molar-refractivity contribution is -0.146. The zero-order valence-electron chi connectivity index (χ0n) is 14.6. The first kappa shape index (κ1) is 17.8. The van der Waals surface area contributed by atoms with Gasteiger partial charge in [0, 0.05) is 33.4 Å². The Hall–Kier alpha value is -1.59. The molecule has 0 atom stereocenters. The number of amides is 1. The molecule has 1 aliphatic rings. The predicted molar refractivity (Wildman–Crippen MR) is 90.5 cm³/mol. The van der Waals surface area contributed by atoms with Crippen LogP contribution in [0.1, 0.15) is 29.5 Å². The van der Waals surface area contributed by atoms with Gasteiger partial charge in [0.25, 0.3) is 0 Å². The van der Waals surface area contributed by atoms with Crippen LogP contribution in [0, 0.1) is 19.3 Å². The topological polar surface area (TPSA) is 64.8 Å². The maximum absolute atomic E-state index is 12.9. The van der Waals surface area contributed by atoms with Gasteiger partial charge in [0.1, 0.15) is 5.75 Å². The van der Waals surface area contributed by atoms with E-state index in [1.807, 2.05) is 20.9 Å². The number of methoxy groups -OCH3 is 1. The van der Waals surface area contributed by atoms with Gasteiger partial charge in [-0.2, -0.15) is 0 Å². The van der Waals surface area contributed by atoms with Gasteiger partial charge in [0.15, 0.2) is 0 Å². The van der Waals surface area contributed by atoms with E-state index in [2.05, 4.69) is 12.1 Å². The SMILES string of the molecule is COc1c(C)cc(CN(C)C(=O)C2(CN)CCOCC2)cc1C. The van der Waals surface area contributed by atoms with Crippen LogP contribution in [0.25, 0.3) is 0 Å². The maximum atomic E-state index is 12.9. The van der Waals surface area contributed by atoms with Gasteiger partial charge in [-0.05, 0) is 43.4 Å². The number of hydrogen-bond donors (Lipinski definition) is 1. The van der Waals surface area contributed by atoms with Gasteiger partial charge in [-0.15, -0.1) is 0 Å². The van der Waals surface area contributed by atoms with E-state index in [1.54, 1.807) is 12.0 Å². The first-order valence-electron chi connectivity index (χ1n) is 8.11.